The number of carbonyl (C=O) groups excluding carboxylic acids is 3. The molecule has 2 heterocycles. The monoisotopic (exact) mass is 335 g/mol. The van der Waals surface area contributed by atoms with Gasteiger partial charge in [0, 0.05) is 6.07 Å². The van der Waals surface area contributed by atoms with Crippen molar-refractivity contribution in [3.63, 3.8) is 0 Å². The van der Waals surface area contributed by atoms with E-state index in [1.165, 1.54) is 16.9 Å². The zero-order valence-electron chi connectivity index (χ0n) is 13.1. The summed E-state index contributed by atoms with van der Waals surface area (Å²) in [5.74, 6) is 0.438. The van der Waals surface area contributed by atoms with Crippen LogP contribution in [0, 0.1) is 0 Å². The molecule has 0 aliphatic carbocycles. The van der Waals surface area contributed by atoms with Gasteiger partial charge in [0.15, 0.2) is 0 Å². The molecule has 128 valence electrons. The highest BCUT2D eigenvalue weighted by Crippen LogP contribution is 2.35. The summed E-state index contributed by atoms with van der Waals surface area (Å²) in [5.41, 5.74) is 1.16. The minimum absolute atomic E-state index is 0.242. The van der Waals surface area contributed by atoms with Gasteiger partial charge in [0.05, 0.1) is 38.1 Å². The summed E-state index contributed by atoms with van der Waals surface area (Å²) >= 11 is 0. The first-order valence-corrected chi connectivity index (χ1v) is 7.41. The largest absolute Gasteiger partial charge is 0.494 e. The summed E-state index contributed by atoms with van der Waals surface area (Å²) < 4.78 is 15.5. The molecule has 1 N–H and O–H groups in total. The van der Waals surface area contributed by atoms with Crippen LogP contribution in [0.2, 0.25) is 0 Å². The molecule has 0 bridgehead atoms. The molecule has 24 heavy (non-hydrogen) atoms. The highest BCUT2D eigenvalue weighted by atomic mass is 16.6. The van der Waals surface area contributed by atoms with Gasteiger partial charge in [-0.15, -0.1) is 0 Å². The van der Waals surface area contributed by atoms with Crippen molar-refractivity contribution < 1.29 is 28.6 Å². The molecule has 2 aliphatic rings. The fourth-order valence-electron chi connectivity index (χ4n) is 2.69. The molecule has 2 fully saturated rings. The summed E-state index contributed by atoms with van der Waals surface area (Å²) in [6, 6.07) is 5.08. The first kappa shape index (κ1) is 15.9. The lowest BCUT2D eigenvalue weighted by Crippen LogP contribution is -2.30. The number of benzene rings is 1. The van der Waals surface area contributed by atoms with Crippen LogP contribution in [0.15, 0.2) is 18.2 Å². The molecule has 1 unspecified atom stereocenters. The van der Waals surface area contributed by atoms with Crippen molar-refractivity contribution in [2.45, 2.75) is 6.10 Å². The second kappa shape index (κ2) is 6.65. The summed E-state index contributed by atoms with van der Waals surface area (Å²) in [5, 5.41) is 2.49. The highest BCUT2D eigenvalue weighted by molar-refractivity contribution is 5.94. The second-order valence-electron chi connectivity index (χ2n) is 5.26. The first-order chi connectivity index (χ1) is 11.6. The zero-order valence-corrected chi connectivity index (χ0v) is 13.1. The van der Waals surface area contributed by atoms with E-state index < -0.39 is 18.3 Å². The van der Waals surface area contributed by atoms with Gasteiger partial charge in [-0.05, 0) is 12.1 Å². The summed E-state index contributed by atoms with van der Waals surface area (Å²) in [6.45, 7) is 1.34. The fourth-order valence-corrected chi connectivity index (χ4v) is 2.69. The Bertz CT molecular complexity index is 665. The van der Waals surface area contributed by atoms with Crippen LogP contribution in [0.4, 0.5) is 21.0 Å². The van der Waals surface area contributed by atoms with Crippen molar-refractivity contribution in [1.29, 1.82) is 0 Å². The van der Waals surface area contributed by atoms with Crippen LogP contribution in [0.25, 0.3) is 0 Å². The molecule has 3 rings (SSSR count). The van der Waals surface area contributed by atoms with Crippen LogP contribution in [0.3, 0.4) is 0 Å². The molecule has 0 aromatic heterocycles. The van der Waals surface area contributed by atoms with Crippen LogP contribution in [0.5, 0.6) is 5.75 Å². The molecule has 1 atom stereocenters. The van der Waals surface area contributed by atoms with Crippen molar-refractivity contribution in [3.05, 3.63) is 18.2 Å². The maximum absolute atomic E-state index is 12.1. The fraction of sp³-hybridized carbons (Fsp3) is 0.400. The number of anilines is 2. The van der Waals surface area contributed by atoms with Gasteiger partial charge in [-0.1, -0.05) is 0 Å². The number of hydrogen-bond acceptors (Lipinski definition) is 6. The van der Waals surface area contributed by atoms with Gasteiger partial charge in [0.25, 0.3) is 0 Å². The third-order valence-electron chi connectivity index (χ3n) is 3.83. The van der Waals surface area contributed by atoms with Crippen LogP contribution >= 0.6 is 0 Å². The summed E-state index contributed by atoms with van der Waals surface area (Å²) in [6.07, 6.45) is -0.800. The van der Waals surface area contributed by atoms with Gasteiger partial charge in [-0.3, -0.25) is 14.6 Å². The standard InChI is InChI=1S/C15H17N3O6/c1-22-13-6-10(17-4-5-23-14(17)20)2-3-12(13)18-8-11(7-16-9-19)24-15(18)21/h2-3,6,9,11H,4-5,7-8H2,1H3,(H,16,19). The number of rotatable bonds is 6. The average molecular weight is 335 g/mol. The topological polar surface area (TPSA) is 97.4 Å². The lowest BCUT2D eigenvalue weighted by molar-refractivity contribution is -0.109. The Kier molecular flexibility index (Phi) is 4.41. The predicted molar refractivity (Wildman–Crippen MR) is 83.4 cm³/mol. The number of ether oxygens (including phenoxy) is 3. The van der Waals surface area contributed by atoms with Gasteiger partial charge in [0.1, 0.15) is 18.5 Å². The lowest BCUT2D eigenvalue weighted by Gasteiger charge is -2.20. The van der Waals surface area contributed by atoms with E-state index in [4.69, 9.17) is 14.2 Å². The van der Waals surface area contributed by atoms with Crippen molar-refractivity contribution in [3.8, 4) is 5.75 Å². The highest BCUT2D eigenvalue weighted by Gasteiger charge is 2.34. The Morgan fingerprint density at radius 3 is 2.83 bits per heavy atom. The quantitative estimate of drug-likeness (QED) is 0.770. The minimum atomic E-state index is -0.515. The molecule has 2 saturated heterocycles. The molecule has 2 aliphatic heterocycles. The van der Waals surface area contributed by atoms with Crippen molar-refractivity contribution in [2.75, 3.05) is 43.2 Å². The van der Waals surface area contributed by atoms with E-state index in [1.807, 2.05) is 0 Å². The normalized spacial score (nSPS) is 20.0. The van der Waals surface area contributed by atoms with Crippen molar-refractivity contribution >= 4 is 30.0 Å². The van der Waals surface area contributed by atoms with E-state index >= 15 is 0 Å². The number of cyclic esters (lactones) is 2. The van der Waals surface area contributed by atoms with Gasteiger partial charge in [0.2, 0.25) is 6.41 Å². The minimum Gasteiger partial charge on any atom is -0.494 e. The van der Waals surface area contributed by atoms with E-state index in [9.17, 15) is 14.4 Å². The van der Waals surface area contributed by atoms with Crippen LogP contribution in [-0.2, 0) is 14.3 Å². The molecule has 3 amide bonds. The Morgan fingerprint density at radius 1 is 1.33 bits per heavy atom. The summed E-state index contributed by atoms with van der Waals surface area (Å²) in [4.78, 5) is 37.0. The van der Waals surface area contributed by atoms with Crippen LogP contribution in [-0.4, -0.2) is 58.1 Å². The number of methoxy groups -OCH3 is 1. The molecular weight excluding hydrogens is 318 g/mol. The van der Waals surface area contributed by atoms with E-state index in [0.29, 0.717) is 43.2 Å². The molecule has 9 heteroatoms. The third kappa shape index (κ3) is 2.92. The first-order valence-electron chi connectivity index (χ1n) is 7.41. The number of nitrogens with zero attached hydrogens (tertiary/aromatic N) is 2. The number of hydrogen-bond donors (Lipinski definition) is 1. The van der Waals surface area contributed by atoms with Gasteiger partial charge in [-0.25, -0.2) is 9.59 Å². The molecule has 1 aromatic rings. The number of amides is 3. The Hall–Kier alpha value is -2.97. The van der Waals surface area contributed by atoms with Crippen molar-refractivity contribution in [1.82, 2.24) is 5.32 Å². The number of nitrogens with one attached hydrogen (secondary N) is 1. The van der Waals surface area contributed by atoms with E-state index in [2.05, 4.69) is 5.32 Å². The predicted octanol–water partition coefficient (Wildman–Crippen LogP) is 0.723. The van der Waals surface area contributed by atoms with Gasteiger partial charge in [-0.2, -0.15) is 0 Å². The molecule has 0 radical (unpaired) electrons. The molecule has 0 spiro atoms. The Balaban J connectivity index is 1.82. The SMILES string of the molecule is COc1cc(N2CCOC2=O)ccc1N1CC(CNC=O)OC1=O. The van der Waals surface area contributed by atoms with E-state index in [-0.39, 0.29) is 6.54 Å². The maximum atomic E-state index is 12.1. The zero-order chi connectivity index (χ0) is 17.1. The van der Waals surface area contributed by atoms with Crippen LogP contribution < -0.4 is 19.9 Å². The lowest BCUT2D eigenvalue weighted by atomic mass is 10.2. The second-order valence-corrected chi connectivity index (χ2v) is 5.26. The van der Waals surface area contributed by atoms with E-state index in [1.54, 1.807) is 18.2 Å². The van der Waals surface area contributed by atoms with Gasteiger partial charge >= 0.3 is 12.2 Å². The Labute approximate surface area is 138 Å². The smallest absolute Gasteiger partial charge is 0.414 e. The summed E-state index contributed by atoms with van der Waals surface area (Å²) in [7, 11) is 1.48. The van der Waals surface area contributed by atoms with E-state index in [0.717, 1.165) is 0 Å². The Morgan fingerprint density at radius 2 is 2.17 bits per heavy atom. The van der Waals surface area contributed by atoms with Crippen LogP contribution in [0.1, 0.15) is 0 Å². The average Bonchev–Trinajstić information content (AvgIpc) is 3.18. The molecule has 1 aromatic carbocycles. The van der Waals surface area contributed by atoms with Crippen molar-refractivity contribution in [2.24, 2.45) is 0 Å². The third-order valence-corrected chi connectivity index (χ3v) is 3.83. The number of carbonyl (C=O) groups is 3. The maximum Gasteiger partial charge on any atom is 0.414 e. The molecule has 0 saturated carbocycles. The van der Waals surface area contributed by atoms with Gasteiger partial charge < -0.3 is 19.5 Å². The molecular formula is C15H17N3O6. The molecule has 9 nitrogen and oxygen atoms in total.